The molecule has 3 rings (SSSR count). The van der Waals surface area contributed by atoms with Crippen molar-refractivity contribution in [2.45, 2.75) is 38.3 Å². The molecule has 1 aliphatic rings. The van der Waals surface area contributed by atoms with Crippen LogP contribution in [0.4, 0.5) is 4.79 Å². The number of amides is 2. The number of aliphatic hydroxyl groups excluding tert-OH is 1. The van der Waals surface area contributed by atoms with Crippen LogP contribution in [0, 0.1) is 0 Å². The highest BCUT2D eigenvalue weighted by Gasteiger charge is 2.42. The number of hydrogen-bond donors (Lipinski definition) is 1. The molecule has 1 N–H and O–H groups in total. The van der Waals surface area contributed by atoms with Gasteiger partial charge in [0.25, 0.3) is 0 Å². The zero-order chi connectivity index (χ0) is 19.2. The number of benzene rings is 2. The number of likely N-dealkylation sites (N-methyl/N-ethyl adjacent to an activating group) is 1. The molecule has 2 aromatic rings. The summed E-state index contributed by atoms with van der Waals surface area (Å²) in [7, 11) is 1.70. The van der Waals surface area contributed by atoms with E-state index in [1.807, 2.05) is 60.7 Å². The third-order valence-corrected chi connectivity index (χ3v) is 4.69. The minimum atomic E-state index is -1.01. The van der Waals surface area contributed by atoms with Crippen LogP contribution in [-0.2, 0) is 22.7 Å². The Kier molecular flexibility index (Phi) is 6.08. The maximum Gasteiger partial charge on any atom is 0.412 e. The van der Waals surface area contributed by atoms with Gasteiger partial charge >= 0.3 is 6.09 Å². The Morgan fingerprint density at radius 1 is 1.04 bits per heavy atom. The fraction of sp³-hybridized carbons (Fsp3) is 0.333. The van der Waals surface area contributed by atoms with Gasteiger partial charge in [-0.2, -0.15) is 0 Å². The van der Waals surface area contributed by atoms with E-state index in [9.17, 15) is 14.7 Å². The van der Waals surface area contributed by atoms with Gasteiger partial charge in [-0.1, -0.05) is 60.7 Å². The summed E-state index contributed by atoms with van der Waals surface area (Å²) in [6.45, 7) is 0.544. The summed E-state index contributed by atoms with van der Waals surface area (Å²) in [5, 5.41) is 10.2. The number of ether oxygens (including phenoxy) is 1. The Morgan fingerprint density at radius 2 is 1.63 bits per heavy atom. The molecule has 2 amide bonds. The Balaban J connectivity index is 1.63. The Bertz CT molecular complexity index is 766. The first-order valence-electron chi connectivity index (χ1n) is 9.02. The molecule has 1 aliphatic heterocycles. The fourth-order valence-electron chi connectivity index (χ4n) is 3.27. The molecular weight excluding hydrogens is 344 g/mol. The SMILES string of the molecule is CN(Cc1ccccc1)C(=O)[C@@H]1CCC(O)N1C(=O)OCc1ccccc1. The number of likely N-dealkylation sites (tertiary alicyclic amines) is 1. The van der Waals surface area contributed by atoms with Crippen molar-refractivity contribution in [3.8, 4) is 0 Å². The van der Waals surface area contributed by atoms with Gasteiger partial charge in [-0.3, -0.25) is 9.69 Å². The van der Waals surface area contributed by atoms with Crippen molar-refractivity contribution in [1.29, 1.82) is 0 Å². The second-order valence-corrected chi connectivity index (χ2v) is 6.70. The molecule has 0 saturated carbocycles. The monoisotopic (exact) mass is 368 g/mol. The zero-order valence-corrected chi connectivity index (χ0v) is 15.3. The highest BCUT2D eigenvalue weighted by Crippen LogP contribution is 2.25. The molecule has 1 heterocycles. The lowest BCUT2D eigenvalue weighted by Crippen LogP contribution is -2.49. The molecule has 1 fully saturated rings. The molecular formula is C21H24N2O4. The van der Waals surface area contributed by atoms with Crippen molar-refractivity contribution in [2.75, 3.05) is 7.05 Å². The van der Waals surface area contributed by atoms with Crippen LogP contribution in [0.3, 0.4) is 0 Å². The van der Waals surface area contributed by atoms with Gasteiger partial charge in [0.2, 0.25) is 5.91 Å². The highest BCUT2D eigenvalue weighted by molar-refractivity contribution is 5.86. The van der Waals surface area contributed by atoms with Gasteiger partial charge in [0.1, 0.15) is 18.9 Å². The summed E-state index contributed by atoms with van der Waals surface area (Å²) in [6, 6.07) is 18.2. The lowest BCUT2D eigenvalue weighted by molar-refractivity contribution is -0.136. The molecule has 0 spiro atoms. The molecule has 142 valence electrons. The van der Waals surface area contributed by atoms with Crippen LogP contribution in [0.2, 0.25) is 0 Å². The zero-order valence-electron chi connectivity index (χ0n) is 15.3. The molecule has 0 aromatic heterocycles. The topological polar surface area (TPSA) is 70.1 Å². The Labute approximate surface area is 159 Å². The first kappa shape index (κ1) is 18.9. The van der Waals surface area contributed by atoms with Gasteiger partial charge in [0.05, 0.1) is 0 Å². The highest BCUT2D eigenvalue weighted by atomic mass is 16.6. The van der Waals surface area contributed by atoms with Gasteiger partial charge in [0, 0.05) is 13.6 Å². The maximum atomic E-state index is 12.8. The first-order valence-corrected chi connectivity index (χ1v) is 9.02. The number of aliphatic hydroxyl groups is 1. The Hall–Kier alpha value is -2.86. The summed E-state index contributed by atoms with van der Waals surface area (Å²) in [5.74, 6) is -0.202. The standard InChI is InChI=1S/C21H24N2O4/c1-22(14-16-8-4-2-5-9-16)20(25)18-12-13-19(24)23(18)21(26)27-15-17-10-6-3-7-11-17/h2-11,18-19,24H,12-15H2,1H3/t18-,19?/m0/s1. The van der Waals surface area contributed by atoms with Crippen molar-refractivity contribution in [2.24, 2.45) is 0 Å². The van der Waals surface area contributed by atoms with E-state index in [0.29, 0.717) is 19.4 Å². The summed E-state index contributed by atoms with van der Waals surface area (Å²) in [5.41, 5.74) is 1.86. The smallest absolute Gasteiger partial charge is 0.412 e. The van der Waals surface area contributed by atoms with Crippen molar-refractivity contribution < 1.29 is 19.4 Å². The summed E-state index contributed by atoms with van der Waals surface area (Å²) in [4.78, 5) is 28.1. The van der Waals surface area contributed by atoms with Crippen LogP contribution >= 0.6 is 0 Å². The second-order valence-electron chi connectivity index (χ2n) is 6.70. The number of carbonyl (C=O) groups is 2. The molecule has 6 heteroatoms. The number of carbonyl (C=O) groups excluding carboxylic acids is 2. The normalized spacial score (nSPS) is 19.0. The molecule has 0 bridgehead atoms. The van der Waals surface area contributed by atoms with Crippen LogP contribution in [0.5, 0.6) is 0 Å². The quantitative estimate of drug-likeness (QED) is 0.881. The van der Waals surface area contributed by atoms with Crippen LogP contribution in [0.1, 0.15) is 24.0 Å². The molecule has 0 aliphatic carbocycles. The van der Waals surface area contributed by atoms with Gasteiger partial charge < -0.3 is 14.7 Å². The average molecular weight is 368 g/mol. The summed E-state index contributed by atoms with van der Waals surface area (Å²) < 4.78 is 5.32. The Morgan fingerprint density at radius 3 is 2.26 bits per heavy atom. The van der Waals surface area contributed by atoms with E-state index >= 15 is 0 Å². The van der Waals surface area contributed by atoms with Crippen molar-refractivity contribution in [1.82, 2.24) is 9.80 Å². The summed E-state index contributed by atoms with van der Waals surface area (Å²) >= 11 is 0. The van der Waals surface area contributed by atoms with E-state index in [2.05, 4.69) is 0 Å². The third kappa shape index (κ3) is 4.65. The summed E-state index contributed by atoms with van der Waals surface area (Å²) in [6.07, 6.45) is -0.905. The predicted octanol–water partition coefficient (Wildman–Crippen LogP) is 2.76. The predicted molar refractivity (Wildman–Crippen MR) is 100 cm³/mol. The number of hydrogen-bond acceptors (Lipinski definition) is 4. The minimum Gasteiger partial charge on any atom is -0.444 e. The first-order chi connectivity index (χ1) is 13.1. The molecule has 27 heavy (non-hydrogen) atoms. The number of rotatable bonds is 5. The second kappa shape index (κ2) is 8.68. The van der Waals surface area contributed by atoms with Gasteiger partial charge in [-0.15, -0.1) is 0 Å². The molecule has 0 radical (unpaired) electrons. The van der Waals surface area contributed by atoms with Crippen LogP contribution < -0.4 is 0 Å². The molecule has 1 unspecified atom stereocenters. The third-order valence-electron chi connectivity index (χ3n) is 4.69. The lowest BCUT2D eigenvalue weighted by Gasteiger charge is -2.29. The molecule has 2 atom stereocenters. The average Bonchev–Trinajstić information content (AvgIpc) is 3.08. The number of nitrogens with zero attached hydrogens (tertiary/aromatic N) is 2. The van der Waals surface area contributed by atoms with E-state index in [1.165, 1.54) is 0 Å². The minimum absolute atomic E-state index is 0.101. The van der Waals surface area contributed by atoms with Gasteiger partial charge in [-0.05, 0) is 24.0 Å². The van der Waals surface area contributed by atoms with E-state index in [0.717, 1.165) is 16.0 Å². The van der Waals surface area contributed by atoms with Crippen LogP contribution in [0.15, 0.2) is 60.7 Å². The fourth-order valence-corrected chi connectivity index (χ4v) is 3.27. The van der Waals surface area contributed by atoms with E-state index in [1.54, 1.807) is 11.9 Å². The van der Waals surface area contributed by atoms with Crippen LogP contribution in [-0.4, -0.2) is 46.2 Å². The van der Waals surface area contributed by atoms with E-state index in [-0.39, 0.29) is 12.5 Å². The maximum absolute atomic E-state index is 12.8. The molecule has 1 saturated heterocycles. The van der Waals surface area contributed by atoms with Gasteiger partial charge in [0.15, 0.2) is 0 Å². The lowest BCUT2D eigenvalue weighted by atomic mass is 10.1. The molecule has 2 aromatic carbocycles. The van der Waals surface area contributed by atoms with Crippen molar-refractivity contribution >= 4 is 12.0 Å². The van der Waals surface area contributed by atoms with Crippen molar-refractivity contribution in [3.05, 3.63) is 71.8 Å². The van der Waals surface area contributed by atoms with Gasteiger partial charge in [-0.25, -0.2) is 4.79 Å². The largest absolute Gasteiger partial charge is 0.444 e. The van der Waals surface area contributed by atoms with E-state index in [4.69, 9.17) is 4.74 Å². The molecule has 6 nitrogen and oxygen atoms in total. The van der Waals surface area contributed by atoms with Crippen LogP contribution in [0.25, 0.3) is 0 Å². The van der Waals surface area contributed by atoms with E-state index < -0.39 is 18.4 Å². The van der Waals surface area contributed by atoms with Crippen molar-refractivity contribution in [3.63, 3.8) is 0 Å².